The highest BCUT2D eigenvalue weighted by Gasteiger charge is 2.25. The molecule has 1 unspecified atom stereocenters. The molecule has 1 aromatic rings. The Bertz CT molecular complexity index is 400. The van der Waals surface area contributed by atoms with Crippen LogP contribution in [0, 0.1) is 0 Å². The molecule has 5 heteroatoms. The smallest absolute Gasteiger partial charge is 0.137 e. The van der Waals surface area contributed by atoms with Crippen molar-refractivity contribution < 1.29 is 5.11 Å². The molecule has 0 aromatic carbocycles. The summed E-state index contributed by atoms with van der Waals surface area (Å²) in [5.41, 5.74) is 1.02. The molecule has 18 heavy (non-hydrogen) atoms. The molecule has 1 N–H and O–H groups in total. The highest BCUT2D eigenvalue weighted by atomic mass is 35.5. The minimum Gasteiger partial charge on any atom is -0.394 e. The van der Waals surface area contributed by atoms with Gasteiger partial charge in [0.05, 0.1) is 12.6 Å². The number of piperidine rings is 1. The molecule has 1 aliphatic heterocycles. The first kappa shape index (κ1) is 13.6. The van der Waals surface area contributed by atoms with Crippen LogP contribution in [-0.4, -0.2) is 34.3 Å². The van der Waals surface area contributed by atoms with Crippen molar-refractivity contribution in [3.05, 3.63) is 17.0 Å². The zero-order valence-electron chi connectivity index (χ0n) is 10.8. The second-order valence-electron chi connectivity index (χ2n) is 4.74. The molecule has 0 spiro atoms. The van der Waals surface area contributed by atoms with Crippen LogP contribution in [0.5, 0.6) is 0 Å². The Morgan fingerprint density at radius 3 is 3.00 bits per heavy atom. The van der Waals surface area contributed by atoms with Crippen molar-refractivity contribution in [3.63, 3.8) is 0 Å². The molecule has 100 valence electrons. The van der Waals surface area contributed by atoms with Crippen LogP contribution in [0.25, 0.3) is 0 Å². The number of halogens is 1. The maximum atomic E-state index is 9.49. The molecule has 1 atom stereocenters. The zero-order chi connectivity index (χ0) is 13.0. The van der Waals surface area contributed by atoms with E-state index in [-0.39, 0.29) is 12.6 Å². The van der Waals surface area contributed by atoms with E-state index in [1.54, 1.807) is 0 Å². The van der Waals surface area contributed by atoms with Gasteiger partial charge in [0.15, 0.2) is 0 Å². The summed E-state index contributed by atoms with van der Waals surface area (Å²) < 4.78 is 0. The minimum absolute atomic E-state index is 0.167. The Labute approximate surface area is 113 Å². The molecule has 1 aromatic heterocycles. The molecular formula is C13H20ClN3O. The fourth-order valence-corrected chi connectivity index (χ4v) is 2.79. The summed E-state index contributed by atoms with van der Waals surface area (Å²) in [4.78, 5) is 10.7. The predicted molar refractivity (Wildman–Crippen MR) is 73.1 cm³/mol. The lowest BCUT2D eigenvalue weighted by molar-refractivity contribution is 0.239. The van der Waals surface area contributed by atoms with Gasteiger partial charge in [-0.25, -0.2) is 9.97 Å². The lowest BCUT2D eigenvalue weighted by Crippen LogP contribution is -2.43. The van der Waals surface area contributed by atoms with Gasteiger partial charge in [-0.3, -0.25) is 0 Å². The highest BCUT2D eigenvalue weighted by molar-refractivity contribution is 6.30. The Balaban J connectivity index is 2.33. The average molecular weight is 270 g/mol. The summed E-state index contributed by atoms with van der Waals surface area (Å²) in [6.45, 7) is 3.23. The fraction of sp³-hybridized carbons (Fsp3) is 0.692. The molecule has 0 radical (unpaired) electrons. The molecule has 2 rings (SSSR count). The van der Waals surface area contributed by atoms with Gasteiger partial charge >= 0.3 is 0 Å². The molecule has 1 fully saturated rings. The van der Waals surface area contributed by atoms with E-state index in [0.29, 0.717) is 5.15 Å². The summed E-state index contributed by atoms with van der Waals surface area (Å²) in [5.74, 6) is 0.913. The van der Waals surface area contributed by atoms with Crippen molar-refractivity contribution in [2.75, 3.05) is 18.1 Å². The van der Waals surface area contributed by atoms with Gasteiger partial charge in [-0.1, -0.05) is 24.9 Å². The van der Waals surface area contributed by atoms with Gasteiger partial charge in [0, 0.05) is 12.1 Å². The number of aliphatic hydroxyl groups is 1. The predicted octanol–water partition coefficient (Wildman–Crippen LogP) is 2.43. The van der Waals surface area contributed by atoms with E-state index in [1.165, 1.54) is 12.7 Å². The Morgan fingerprint density at radius 2 is 2.28 bits per heavy atom. The molecule has 2 heterocycles. The first-order valence-corrected chi connectivity index (χ1v) is 7.02. The molecule has 1 aliphatic rings. The van der Waals surface area contributed by atoms with Crippen LogP contribution >= 0.6 is 11.6 Å². The van der Waals surface area contributed by atoms with Gasteiger partial charge in [0.25, 0.3) is 0 Å². The monoisotopic (exact) mass is 269 g/mol. The van der Waals surface area contributed by atoms with Gasteiger partial charge in [-0.2, -0.15) is 0 Å². The first-order valence-electron chi connectivity index (χ1n) is 6.64. The number of aliphatic hydroxyl groups excluding tert-OH is 1. The Morgan fingerprint density at radius 1 is 1.44 bits per heavy atom. The summed E-state index contributed by atoms with van der Waals surface area (Å²) in [7, 11) is 0. The number of hydrogen-bond acceptors (Lipinski definition) is 4. The van der Waals surface area contributed by atoms with Crippen LogP contribution in [0.2, 0.25) is 5.15 Å². The number of aromatic nitrogens is 2. The third-order valence-corrected chi connectivity index (χ3v) is 3.81. The standard InChI is InChI=1S/C13H20ClN3O/c1-2-5-11-12(14)15-9-16-13(11)17-7-4-3-6-10(17)8-18/h9-10,18H,2-8H2,1H3. The van der Waals surface area contributed by atoms with E-state index in [1.807, 2.05) is 0 Å². The van der Waals surface area contributed by atoms with E-state index in [2.05, 4.69) is 21.8 Å². The van der Waals surface area contributed by atoms with Crippen molar-refractivity contribution >= 4 is 17.4 Å². The number of rotatable bonds is 4. The summed E-state index contributed by atoms with van der Waals surface area (Å²) in [5, 5.41) is 10.0. The molecule has 0 amide bonds. The molecule has 0 bridgehead atoms. The van der Waals surface area contributed by atoms with Gasteiger partial charge in [0.1, 0.15) is 17.3 Å². The molecule has 1 saturated heterocycles. The second kappa shape index (κ2) is 6.34. The number of anilines is 1. The molecule has 4 nitrogen and oxygen atoms in total. The highest BCUT2D eigenvalue weighted by Crippen LogP contribution is 2.29. The largest absolute Gasteiger partial charge is 0.394 e. The first-order chi connectivity index (χ1) is 8.77. The van der Waals surface area contributed by atoms with Crippen LogP contribution in [0.15, 0.2) is 6.33 Å². The molecule has 0 aliphatic carbocycles. The van der Waals surface area contributed by atoms with Crippen LogP contribution < -0.4 is 4.90 Å². The molecular weight excluding hydrogens is 250 g/mol. The normalized spacial score (nSPS) is 20.2. The van der Waals surface area contributed by atoms with Crippen LogP contribution in [0.4, 0.5) is 5.82 Å². The third kappa shape index (κ3) is 2.75. The van der Waals surface area contributed by atoms with Crippen molar-refractivity contribution in [1.29, 1.82) is 0 Å². The maximum absolute atomic E-state index is 9.49. The topological polar surface area (TPSA) is 49.2 Å². The minimum atomic E-state index is 0.167. The Hall–Kier alpha value is -0.870. The zero-order valence-corrected chi connectivity index (χ0v) is 11.5. The van der Waals surface area contributed by atoms with Crippen molar-refractivity contribution in [2.45, 2.75) is 45.1 Å². The lowest BCUT2D eigenvalue weighted by atomic mass is 10.0. The van der Waals surface area contributed by atoms with Gasteiger partial charge < -0.3 is 10.0 Å². The summed E-state index contributed by atoms with van der Waals surface area (Å²) in [6, 6.07) is 0.167. The van der Waals surface area contributed by atoms with E-state index in [4.69, 9.17) is 11.6 Å². The quantitative estimate of drug-likeness (QED) is 0.853. The van der Waals surface area contributed by atoms with E-state index in [0.717, 1.165) is 43.6 Å². The van der Waals surface area contributed by atoms with Crippen LogP contribution in [-0.2, 0) is 6.42 Å². The van der Waals surface area contributed by atoms with Crippen molar-refractivity contribution in [1.82, 2.24) is 9.97 Å². The van der Waals surface area contributed by atoms with Gasteiger partial charge in [-0.05, 0) is 25.7 Å². The summed E-state index contributed by atoms with van der Waals surface area (Å²) >= 11 is 6.18. The average Bonchev–Trinajstić information content (AvgIpc) is 2.41. The molecule has 0 saturated carbocycles. The van der Waals surface area contributed by atoms with E-state index in [9.17, 15) is 5.11 Å². The fourth-order valence-electron chi connectivity index (χ4n) is 2.56. The van der Waals surface area contributed by atoms with E-state index >= 15 is 0 Å². The Kier molecular flexibility index (Phi) is 4.78. The van der Waals surface area contributed by atoms with Crippen LogP contribution in [0.3, 0.4) is 0 Å². The van der Waals surface area contributed by atoms with E-state index < -0.39 is 0 Å². The number of nitrogens with zero attached hydrogens (tertiary/aromatic N) is 3. The second-order valence-corrected chi connectivity index (χ2v) is 5.10. The lowest BCUT2D eigenvalue weighted by Gasteiger charge is -2.36. The van der Waals surface area contributed by atoms with Gasteiger partial charge in [-0.15, -0.1) is 0 Å². The summed E-state index contributed by atoms with van der Waals surface area (Å²) in [6.07, 6.45) is 6.73. The SMILES string of the molecule is CCCc1c(Cl)ncnc1N1CCCCC1CO. The maximum Gasteiger partial charge on any atom is 0.137 e. The van der Waals surface area contributed by atoms with Crippen molar-refractivity contribution in [3.8, 4) is 0 Å². The van der Waals surface area contributed by atoms with Crippen molar-refractivity contribution in [2.24, 2.45) is 0 Å². The third-order valence-electron chi connectivity index (χ3n) is 3.48. The number of hydrogen-bond donors (Lipinski definition) is 1. The van der Waals surface area contributed by atoms with Gasteiger partial charge in [0.2, 0.25) is 0 Å². The van der Waals surface area contributed by atoms with Crippen LogP contribution in [0.1, 0.15) is 38.2 Å².